The van der Waals surface area contributed by atoms with Crippen LogP contribution in [0.2, 0.25) is 5.02 Å². The fourth-order valence-electron chi connectivity index (χ4n) is 1.54. The van der Waals surface area contributed by atoms with Gasteiger partial charge in [-0.2, -0.15) is 0 Å². The molecule has 0 aliphatic carbocycles. The Hall–Kier alpha value is -1.75. The van der Waals surface area contributed by atoms with Crippen LogP contribution < -0.4 is 16.0 Å². The van der Waals surface area contributed by atoms with Crippen molar-refractivity contribution in [3.05, 3.63) is 28.8 Å². The lowest BCUT2D eigenvalue weighted by Gasteiger charge is -2.15. The molecule has 0 bridgehead atoms. The van der Waals surface area contributed by atoms with Crippen LogP contribution in [0.15, 0.2) is 18.2 Å². The van der Waals surface area contributed by atoms with Crippen LogP contribution in [0, 0.1) is 6.92 Å². The summed E-state index contributed by atoms with van der Waals surface area (Å²) < 4.78 is 0. The van der Waals surface area contributed by atoms with Gasteiger partial charge in [0.2, 0.25) is 5.91 Å². The van der Waals surface area contributed by atoms with Crippen molar-refractivity contribution in [2.75, 3.05) is 11.9 Å². The molecule has 1 aromatic carbocycles. The summed E-state index contributed by atoms with van der Waals surface area (Å²) in [6.07, 6.45) is 0.851. The molecule has 0 aromatic heterocycles. The van der Waals surface area contributed by atoms with Gasteiger partial charge < -0.3 is 16.0 Å². The fourth-order valence-corrected chi connectivity index (χ4v) is 1.83. The summed E-state index contributed by atoms with van der Waals surface area (Å²) in [7, 11) is 0. The lowest BCUT2D eigenvalue weighted by atomic mass is 10.2. The van der Waals surface area contributed by atoms with Crippen LogP contribution in [0.5, 0.6) is 0 Å². The molecule has 0 aliphatic heterocycles. The molecular weight excluding hydrogens is 278 g/mol. The zero-order chi connectivity index (χ0) is 15.1. The molecule has 0 fully saturated rings. The molecule has 0 saturated carbocycles. The van der Waals surface area contributed by atoms with Gasteiger partial charge in [-0.15, -0.1) is 0 Å². The molecule has 6 heteroatoms. The Morgan fingerprint density at radius 2 is 2.05 bits per heavy atom. The molecule has 3 N–H and O–H groups in total. The maximum atomic E-state index is 11.8. The van der Waals surface area contributed by atoms with E-state index in [0.29, 0.717) is 17.3 Å². The summed E-state index contributed by atoms with van der Waals surface area (Å²) in [5, 5.41) is 8.35. The summed E-state index contributed by atoms with van der Waals surface area (Å²) in [5.41, 5.74) is 1.52. The number of carbonyl (C=O) groups excluding carboxylic acids is 2. The van der Waals surface area contributed by atoms with Gasteiger partial charge in [0.25, 0.3) is 0 Å². The predicted molar refractivity (Wildman–Crippen MR) is 81.1 cm³/mol. The lowest BCUT2D eigenvalue weighted by Crippen LogP contribution is -2.46. The van der Waals surface area contributed by atoms with E-state index in [1.165, 1.54) is 0 Å². The molecule has 0 aliphatic rings. The highest BCUT2D eigenvalue weighted by Gasteiger charge is 2.15. The molecule has 1 aromatic rings. The van der Waals surface area contributed by atoms with Crippen LogP contribution in [0.4, 0.5) is 10.5 Å². The predicted octanol–water partition coefficient (Wildman–Crippen LogP) is 2.68. The van der Waals surface area contributed by atoms with Crippen molar-refractivity contribution in [1.82, 2.24) is 10.6 Å². The maximum absolute atomic E-state index is 11.8. The molecule has 0 saturated heterocycles. The van der Waals surface area contributed by atoms with E-state index in [4.69, 9.17) is 11.6 Å². The summed E-state index contributed by atoms with van der Waals surface area (Å²) in [4.78, 5) is 23.4. The van der Waals surface area contributed by atoms with Crippen molar-refractivity contribution in [3.63, 3.8) is 0 Å². The number of urea groups is 1. The first-order chi connectivity index (χ1) is 9.43. The molecule has 0 heterocycles. The first-order valence-corrected chi connectivity index (χ1v) is 6.93. The van der Waals surface area contributed by atoms with Crippen LogP contribution in [0.25, 0.3) is 0 Å². The quantitative estimate of drug-likeness (QED) is 0.782. The van der Waals surface area contributed by atoms with Gasteiger partial charge in [0.05, 0.1) is 10.7 Å². The number of rotatable bonds is 5. The lowest BCUT2D eigenvalue weighted by molar-refractivity contribution is -0.122. The number of hydrogen-bond donors (Lipinski definition) is 3. The Balaban J connectivity index is 2.52. The molecule has 5 nitrogen and oxygen atoms in total. The average molecular weight is 298 g/mol. The highest BCUT2D eigenvalue weighted by molar-refractivity contribution is 6.33. The highest BCUT2D eigenvalue weighted by Crippen LogP contribution is 2.22. The topological polar surface area (TPSA) is 70.2 Å². The van der Waals surface area contributed by atoms with Crippen molar-refractivity contribution in [3.8, 4) is 0 Å². The minimum atomic E-state index is -0.606. The molecule has 3 amide bonds. The van der Waals surface area contributed by atoms with Crippen molar-refractivity contribution >= 4 is 29.2 Å². The smallest absolute Gasteiger partial charge is 0.319 e. The standard InChI is InChI=1S/C14H20ClN3O2/c1-4-7-16-13(19)10(3)17-14(20)18-12-6-5-9(2)8-11(12)15/h5-6,8,10H,4,7H2,1-3H3,(H,16,19)(H2,17,18,20). The van der Waals surface area contributed by atoms with Crippen LogP contribution in [-0.2, 0) is 4.79 Å². The molecule has 1 unspecified atom stereocenters. The third-order valence-electron chi connectivity index (χ3n) is 2.66. The zero-order valence-corrected chi connectivity index (χ0v) is 12.7. The SMILES string of the molecule is CCCNC(=O)C(C)NC(=O)Nc1ccc(C)cc1Cl. The second-order valence-corrected chi connectivity index (χ2v) is 5.00. The number of nitrogens with one attached hydrogen (secondary N) is 3. The highest BCUT2D eigenvalue weighted by atomic mass is 35.5. The van der Waals surface area contributed by atoms with Crippen LogP contribution in [0.3, 0.4) is 0 Å². The van der Waals surface area contributed by atoms with Gasteiger partial charge in [-0.1, -0.05) is 24.6 Å². The molecule has 1 atom stereocenters. The molecule has 1 rings (SSSR count). The van der Waals surface area contributed by atoms with E-state index < -0.39 is 12.1 Å². The average Bonchev–Trinajstić information content (AvgIpc) is 2.39. The third kappa shape index (κ3) is 5.09. The van der Waals surface area contributed by atoms with Gasteiger partial charge in [-0.25, -0.2) is 4.79 Å². The number of carbonyl (C=O) groups is 2. The molecule has 0 spiro atoms. The molecule has 0 radical (unpaired) electrons. The van der Waals surface area contributed by atoms with Crippen molar-refractivity contribution in [2.45, 2.75) is 33.2 Å². The van der Waals surface area contributed by atoms with E-state index in [1.54, 1.807) is 19.1 Å². The number of benzene rings is 1. The van der Waals surface area contributed by atoms with E-state index in [-0.39, 0.29) is 5.91 Å². The normalized spacial score (nSPS) is 11.6. The number of amides is 3. The van der Waals surface area contributed by atoms with Gasteiger partial charge in [0.1, 0.15) is 6.04 Å². The van der Waals surface area contributed by atoms with Crippen molar-refractivity contribution < 1.29 is 9.59 Å². The Labute approximate surface area is 124 Å². The zero-order valence-electron chi connectivity index (χ0n) is 11.9. The molecule has 20 heavy (non-hydrogen) atoms. The number of anilines is 1. The van der Waals surface area contributed by atoms with Gasteiger partial charge in [0.15, 0.2) is 0 Å². The van der Waals surface area contributed by atoms with Gasteiger partial charge in [-0.05, 0) is 38.0 Å². The minimum Gasteiger partial charge on any atom is -0.354 e. The number of hydrogen-bond acceptors (Lipinski definition) is 2. The summed E-state index contributed by atoms with van der Waals surface area (Å²) >= 11 is 6.02. The monoisotopic (exact) mass is 297 g/mol. The van der Waals surface area contributed by atoms with Crippen LogP contribution in [0.1, 0.15) is 25.8 Å². The molecule has 110 valence electrons. The van der Waals surface area contributed by atoms with Crippen molar-refractivity contribution in [1.29, 1.82) is 0 Å². The Morgan fingerprint density at radius 3 is 2.65 bits per heavy atom. The Morgan fingerprint density at radius 1 is 1.35 bits per heavy atom. The number of aryl methyl sites for hydroxylation is 1. The summed E-state index contributed by atoms with van der Waals surface area (Å²) in [5.74, 6) is -0.211. The second kappa shape index (κ2) is 7.75. The minimum absolute atomic E-state index is 0.211. The van der Waals surface area contributed by atoms with Gasteiger partial charge in [-0.3, -0.25) is 4.79 Å². The summed E-state index contributed by atoms with van der Waals surface area (Å²) in [6, 6.07) is 4.26. The third-order valence-corrected chi connectivity index (χ3v) is 2.98. The summed E-state index contributed by atoms with van der Waals surface area (Å²) in [6.45, 7) is 6.10. The van der Waals surface area contributed by atoms with E-state index in [1.807, 2.05) is 19.9 Å². The first kappa shape index (κ1) is 16.3. The first-order valence-electron chi connectivity index (χ1n) is 6.55. The van der Waals surface area contributed by atoms with E-state index in [2.05, 4.69) is 16.0 Å². The fraction of sp³-hybridized carbons (Fsp3) is 0.429. The van der Waals surface area contributed by atoms with Gasteiger partial charge >= 0.3 is 6.03 Å². The van der Waals surface area contributed by atoms with Crippen molar-refractivity contribution in [2.24, 2.45) is 0 Å². The van der Waals surface area contributed by atoms with E-state index in [0.717, 1.165) is 12.0 Å². The van der Waals surface area contributed by atoms with E-state index in [9.17, 15) is 9.59 Å². The number of halogens is 1. The largest absolute Gasteiger partial charge is 0.354 e. The Kier molecular flexibility index (Phi) is 6.31. The van der Waals surface area contributed by atoms with Crippen LogP contribution >= 0.6 is 11.6 Å². The van der Waals surface area contributed by atoms with E-state index >= 15 is 0 Å². The van der Waals surface area contributed by atoms with Gasteiger partial charge in [0, 0.05) is 6.54 Å². The maximum Gasteiger partial charge on any atom is 0.319 e. The second-order valence-electron chi connectivity index (χ2n) is 4.59. The molecular formula is C14H20ClN3O2. The Bertz CT molecular complexity index is 491. The van der Waals surface area contributed by atoms with Crippen LogP contribution in [-0.4, -0.2) is 24.5 Å².